The Bertz CT molecular complexity index is 1650. The molecule has 1 aromatic heterocycles. The van der Waals surface area contributed by atoms with Gasteiger partial charge in [-0.1, -0.05) is 32.3 Å². The van der Waals surface area contributed by atoms with E-state index in [4.69, 9.17) is 9.47 Å². The van der Waals surface area contributed by atoms with Crippen molar-refractivity contribution in [2.75, 3.05) is 14.2 Å². The molecule has 1 amide bonds. The van der Waals surface area contributed by atoms with Crippen molar-refractivity contribution < 1.29 is 27.5 Å². The van der Waals surface area contributed by atoms with Crippen LogP contribution >= 0.6 is 0 Å². The van der Waals surface area contributed by atoms with Crippen molar-refractivity contribution in [3.63, 3.8) is 0 Å². The Balaban J connectivity index is 1.58. The summed E-state index contributed by atoms with van der Waals surface area (Å²) < 4.78 is 40.8. The summed E-state index contributed by atoms with van der Waals surface area (Å²) in [7, 11) is -0.712. The second kappa shape index (κ2) is 10.2. The average molecular weight is 579 g/mol. The summed E-state index contributed by atoms with van der Waals surface area (Å²) in [6, 6.07) is 11.6. The average Bonchev–Trinajstić information content (AvgIpc) is 3.66. The molecule has 0 radical (unpaired) electrons. The minimum absolute atomic E-state index is 0.00126. The second-order valence-corrected chi connectivity index (χ2v) is 14.1. The maximum absolute atomic E-state index is 13.3. The first-order chi connectivity index (χ1) is 19.6. The van der Waals surface area contributed by atoms with Gasteiger partial charge in [-0.2, -0.15) is 0 Å². The fraction of sp³-hybridized carbons (Fsp3) is 0.500. The molecule has 2 fully saturated rings. The van der Waals surface area contributed by atoms with Crippen LogP contribution in [-0.2, 0) is 26.1 Å². The van der Waals surface area contributed by atoms with E-state index in [0.717, 1.165) is 59.2 Å². The number of nitrogens with one attached hydrogen (secondary N) is 1. The number of ether oxygens (including phenoxy) is 2. The van der Waals surface area contributed by atoms with Crippen LogP contribution in [0.1, 0.15) is 92.1 Å². The minimum Gasteiger partial charge on any atom is -0.497 e. The Labute approximate surface area is 241 Å². The highest BCUT2D eigenvalue weighted by Crippen LogP contribution is 2.66. The molecule has 2 aromatic carbocycles. The van der Waals surface area contributed by atoms with E-state index in [1.165, 1.54) is 19.1 Å². The van der Waals surface area contributed by atoms with Crippen LogP contribution in [0.5, 0.6) is 5.75 Å². The largest absolute Gasteiger partial charge is 0.497 e. The highest BCUT2D eigenvalue weighted by Gasteiger charge is 2.63. The van der Waals surface area contributed by atoms with Gasteiger partial charge in [0.1, 0.15) is 5.75 Å². The third-order valence-electron chi connectivity index (χ3n) is 9.72. The van der Waals surface area contributed by atoms with Gasteiger partial charge in [-0.15, -0.1) is 0 Å². The lowest BCUT2D eigenvalue weighted by atomic mass is 9.81. The molecule has 9 heteroatoms. The molecule has 1 N–H and O–H groups in total. The zero-order chi connectivity index (χ0) is 29.1. The predicted octanol–water partition coefficient (Wildman–Crippen LogP) is 5.88. The molecule has 0 spiro atoms. The summed E-state index contributed by atoms with van der Waals surface area (Å²) in [6.07, 6.45) is 6.78. The van der Waals surface area contributed by atoms with Crippen molar-refractivity contribution in [3.05, 3.63) is 53.1 Å². The maximum atomic E-state index is 13.3. The standard InChI is InChI=1S/C32H38N2O6S/c1-5-19(2)41(37,38)33-30(35)21-11-13-24-27(15-21)34-18-32(31(36)40-4)17-26(32)25-16-22(39-3)12-14-23(25)29(34)28(24)20-9-7-6-8-10-20/h11-16,19-20,26H,5-10,17-18H2,1-4H3,(H,33,35). The van der Waals surface area contributed by atoms with Gasteiger partial charge in [-0.25, -0.2) is 13.1 Å². The number of nitrogens with zero attached hydrogens (tertiary/aromatic N) is 1. The molecule has 2 heterocycles. The lowest BCUT2D eigenvalue weighted by Gasteiger charge is -2.24. The molecular formula is C32H38N2O6S. The van der Waals surface area contributed by atoms with Gasteiger partial charge >= 0.3 is 5.97 Å². The number of carbonyl (C=O) groups excluding carboxylic acids is 2. The number of sulfonamides is 1. The van der Waals surface area contributed by atoms with Gasteiger partial charge < -0.3 is 14.0 Å². The number of hydrogen-bond acceptors (Lipinski definition) is 6. The normalized spacial score (nSPS) is 22.6. The second-order valence-electron chi connectivity index (χ2n) is 12.0. The number of rotatable bonds is 7. The molecule has 0 bridgehead atoms. The van der Waals surface area contributed by atoms with E-state index < -0.39 is 26.6 Å². The van der Waals surface area contributed by atoms with Crippen LogP contribution in [0.15, 0.2) is 36.4 Å². The Morgan fingerprint density at radius 3 is 2.54 bits per heavy atom. The Morgan fingerprint density at radius 2 is 1.85 bits per heavy atom. The summed E-state index contributed by atoms with van der Waals surface area (Å²) >= 11 is 0. The van der Waals surface area contributed by atoms with Gasteiger partial charge in [0.15, 0.2) is 0 Å². The topological polar surface area (TPSA) is 104 Å². The first kappa shape index (κ1) is 27.8. The van der Waals surface area contributed by atoms with Crippen molar-refractivity contribution in [1.82, 2.24) is 9.29 Å². The molecule has 8 nitrogen and oxygen atoms in total. The minimum atomic E-state index is -3.80. The number of fused-ring (bicyclic) bond motifs is 7. The van der Waals surface area contributed by atoms with Crippen LogP contribution in [0.4, 0.5) is 0 Å². The van der Waals surface area contributed by atoms with Crippen molar-refractivity contribution in [2.45, 2.75) is 82.4 Å². The van der Waals surface area contributed by atoms with E-state index in [1.807, 2.05) is 12.1 Å². The Morgan fingerprint density at radius 1 is 1.10 bits per heavy atom. The summed E-state index contributed by atoms with van der Waals surface area (Å²) in [5.74, 6) is 0.221. The van der Waals surface area contributed by atoms with Crippen LogP contribution < -0.4 is 9.46 Å². The molecule has 2 saturated carbocycles. The first-order valence-corrected chi connectivity index (χ1v) is 16.2. The van der Waals surface area contributed by atoms with E-state index in [1.54, 1.807) is 33.1 Å². The van der Waals surface area contributed by atoms with Gasteiger partial charge in [-0.05, 0) is 80.0 Å². The lowest BCUT2D eigenvalue weighted by molar-refractivity contribution is -0.147. The lowest BCUT2D eigenvalue weighted by Crippen LogP contribution is -2.36. The monoisotopic (exact) mass is 578 g/mol. The fourth-order valence-electron chi connectivity index (χ4n) is 7.12. The number of methoxy groups -OCH3 is 2. The number of hydrogen-bond donors (Lipinski definition) is 1. The van der Waals surface area contributed by atoms with Gasteiger partial charge in [0.2, 0.25) is 10.0 Å². The summed E-state index contributed by atoms with van der Waals surface area (Å²) in [5.41, 5.74) is 4.92. The molecule has 0 saturated heterocycles. The number of esters is 1. The number of benzene rings is 2. The van der Waals surface area contributed by atoms with Crippen molar-refractivity contribution in [2.24, 2.45) is 5.41 Å². The SMILES string of the molecule is CCC(C)S(=O)(=O)NC(=O)c1ccc2c(C3CCCCC3)c3n(c2c1)CC1(C(=O)OC)CC1c1cc(OC)ccc1-3. The fourth-order valence-corrected chi connectivity index (χ4v) is 8.14. The molecule has 6 rings (SSSR count). The summed E-state index contributed by atoms with van der Waals surface area (Å²) in [4.78, 5) is 26.6. The summed E-state index contributed by atoms with van der Waals surface area (Å²) in [5, 5.41) is 0.368. The quantitative estimate of drug-likeness (QED) is 0.351. The molecule has 3 atom stereocenters. The van der Waals surface area contributed by atoms with E-state index in [-0.39, 0.29) is 17.5 Å². The van der Waals surface area contributed by atoms with E-state index in [0.29, 0.717) is 25.3 Å². The van der Waals surface area contributed by atoms with E-state index in [9.17, 15) is 18.0 Å². The third-order valence-corrected chi connectivity index (χ3v) is 11.6. The van der Waals surface area contributed by atoms with Crippen LogP contribution in [0.3, 0.4) is 0 Å². The van der Waals surface area contributed by atoms with Gasteiger partial charge in [0.25, 0.3) is 5.91 Å². The highest BCUT2D eigenvalue weighted by atomic mass is 32.2. The number of carbonyl (C=O) groups is 2. The number of aromatic nitrogens is 1. The van der Waals surface area contributed by atoms with Crippen LogP contribution in [-0.4, -0.2) is 44.3 Å². The van der Waals surface area contributed by atoms with Crippen LogP contribution in [0.2, 0.25) is 0 Å². The third kappa shape index (κ3) is 4.44. The summed E-state index contributed by atoms with van der Waals surface area (Å²) in [6.45, 7) is 3.79. The highest BCUT2D eigenvalue weighted by molar-refractivity contribution is 7.90. The molecule has 41 heavy (non-hydrogen) atoms. The number of amides is 1. The van der Waals surface area contributed by atoms with Gasteiger partial charge in [-0.3, -0.25) is 9.59 Å². The van der Waals surface area contributed by atoms with Gasteiger partial charge in [0, 0.05) is 34.5 Å². The van der Waals surface area contributed by atoms with E-state index >= 15 is 0 Å². The first-order valence-electron chi connectivity index (χ1n) is 14.6. The van der Waals surface area contributed by atoms with Crippen molar-refractivity contribution in [1.29, 1.82) is 0 Å². The molecule has 3 aromatic rings. The Hall–Kier alpha value is -3.33. The van der Waals surface area contributed by atoms with E-state index in [2.05, 4.69) is 21.4 Å². The van der Waals surface area contributed by atoms with Crippen LogP contribution in [0.25, 0.3) is 22.2 Å². The molecular weight excluding hydrogens is 540 g/mol. The predicted molar refractivity (Wildman–Crippen MR) is 158 cm³/mol. The zero-order valence-corrected chi connectivity index (χ0v) is 25.0. The zero-order valence-electron chi connectivity index (χ0n) is 24.2. The maximum Gasteiger partial charge on any atom is 0.314 e. The molecule has 3 unspecified atom stereocenters. The molecule has 1 aliphatic heterocycles. The van der Waals surface area contributed by atoms with Crippen LogP contribution in [0, 0.1) is 5.41 Å². The van der Waals surface area contributed by atoms with Crippen molar-refractivity contribution >= 4 is 32.8 Å². The Kier molecular flexibility index (Phi) is 6.91. The molecule has 2 aliphatic carbocycles. The molecule has 3 aliphatic rings. The van der Waals surface area contributed by atoms with Crippen molar-refractivity contribution in [3.8, 4) is 17.0 Å². The van der Waals surface area contributed by atoms with Gasteiger partial charge in [0.05, 0.1) is 30.6 Å². The smallest absolute Gasteiger partial charge is 0.314 e. The molecule has 218 valence electrons.